The Morgan fingerprint density at radius 2 is 1.81 bits per heavy atom. The van der Waals surface area contributed by atoms with Gasteiger partial charge in [-0.1, -0.05) is 43.2 Å². The van der Waals surface area contributed by atoms with Crippen molar-refractivity contribution in [1.29, 1.82) is 0 Å². The van der Waals surface area contributed by atoms with Crippen molar-refractivity contribution in [2.75, 3.05) is 70.5 Å². The minimum atomic E-state index is -4.59. The summed E-state index contributed by atoms with van der Waals surface area (Å²) < 4.78 is 47.1. The average molecular weight is 910 g/mol. The number of carbonyl (C=O) groups is 1. The van der Waals surface area contributed by atoms with Crippen LogP contribution >= 0.6 is 11.6 Å². The van der Waals surface area contributed by atoms with E-state index in [9.17, 15) is 23.3 Å². The number of amides is 1. The van der Waals surface area contributed by atoms with Gasteiger partial charge in [0, 0.05) is 79.6 Å². The van der Waals surface area contributed by atoms with E-state index in [4.69, 9.17) is 25.8 Å². The fourth-order valence-electron chi connectivity index (χ4n) is 9.12. The highest BCUT2D eigenvalue weighted by Gasteiger charge is 2.34. The first kappa shape index (κ1) is 43.7. The van der Waals surface area contributed by atoms with E-state index in [1.165, 1.54) is 35.0 Å². The number of hydrogen-bond donors (Lipinski definition) is 2. The van der Waals surface area contributed by atoms with E-state index in [1.54, 1.807) is 30.5 Å². The van der Waals surface area contributed by atoms with Crippen LogP contribution in [0.5, 0.6) is 17.2 Å². The predicted octanol–water partition coefficient (Wildman–Crippen LogP) is 7.92. The number of nitro benzene ring substituents is 1. The van der Waals surface area contributed by atoms with Crippen molar-refractivity contribution in [3.8, 4) is 17.2 Å². The van der Waals surface area contributed by atoms with Crippen molar-refractivity contribution < 1.29 is 32.3 Å². The molecule has 9 rings (SSSR count). The molecule has 4 aliphatic rings. The van der Waals surface area contributed by atoms with Crippen LogP contribution in [0.2, 0.25) is 5.02 Å². The third kappa shape index (κ3) is 9.76. The largest absolute Gasteiger partial charge is 0.486 e. The highest BCUT2D eigenvalue weighted by atomic mass is 35.5. The quantitative estimate of drug-likeness (QED) is 0.0816. The third-order valence-electron chi connectivity index (χ3n) is 12.9. The second-order valence-corrected chi connectivity index (χ2v) is 20.2. The number of nitrogens with zero attached hydrogens (tertiary/aromatic N) is 5. The number of aromatic nitrogens is 2. The number of fused-ring (bicyclic) bond motifs is 1. The number of carbonyl (C=O) groups excluding carboxylic acids is 1. The summed E-state index contributed by atoms with van der Waals surface area (Å²) in [6.45, 7) is 12.0. The van der Waals surface area contributed by atoms with Crippen molar-refractivity contribution >= 4 is 55.5 Å². The molecule has 5 heterocycles. The smallest absolute Gasteiger partial charge is 0.312 e. The topological polar surface area (TPSA) is 172 Å². The van der Waals surface area contributed by atoms with E-state index in [-0.39, 0.29) is 35.0 Å². The lowest BCUT2D eigenvalue weighted by Crippen LogP contribution is -2.48. The van der Waals surface area contributed by atoms with Gasteiger partial charge in [-0.3, -0.25) is 24.7 Å². The number of piperazine rings is 1. The first-order valence-corrected chi connectivity index (χ1v) is 23.6. The van der Waals surface area contributed by atoms with Gasteiger partial charge >= 0.3 is 5.69 Å². The molecule has 1 amide bonds. The van der Waals surface area contributed by atoms with Gasteiger partial charge in [0.05, 0.1) is 47.4 Å². The number of ether oxygens (including phenoxy) is 3. The Kier molecular flexibility index (Phi) is 12.4. The molecule has 3 saturated heterocycles. The van der Waals surface area contributed by atoms with Gasteiger partial charge in [0.25, 0.3) is 15.9 Å². The van der Waals surface area contributed by atoms with Crippen molar-refractivity contribution in [2.24, 2.45) is 11.3 Å². The van der Waals surface area contributed by atoms with Gasteiger partial charge in [-0.15, -0.1) is 0 Å². The van der Waals surface area contributed by atoms with Gasteiger partial charge in [0.15, 0.2) is 5.75 Å². The summed E-state index contributed by atoms with van der Waals surface area (Å²) in [5.74, 6) is -0.369. The Hall–Kier alpha value is -5.52. The third-order valence-corrected chi connectivity index (χ3v) is 14.5. The van der Waals surface area contributed by atoms with Crippen LogP contribution in [0.4, 0.5) is 11.4 Å². The van der Waals surface area contributed by atoms with Crippen molar-refractivity contribution in [3.63, 3.8) is 0 Å². The summed E-state index contributed by atoms with van der Waals surface area (Å²) in [4.78, 5) is 39.5. The predicted molar refractivity (Wildman–Crippen MR) is 245 cm³/mol. The Balaban J connectivity index is 0.910. The number of anilines is 1. The maximum atomic E-state index is 14.0. The number of benzene rings is 3. The second-order valence-electron chi connectivity index (χ2n) is 18.0. The lowest BCUT2D eigenvalue weighted by molar-refractivity contribution is -0.386. The van der Waals surface area contributed by atoms with E-state index < -0.39 is 31.4 Å². The molecule has 3 aromatic carbocycles. The minimum absolute atomic E-state index is 0.0429. The van der Waals surface area contributed by atoms with Gasteiger partial charge in [-0.2, -0.15) is 0 Å². The summed E-state index contributed by atoms with van der Waals surface area (Å²) in [6, 6.07) is 20.6. The van der Waals surface area contributed by atoms with E-state index in [0.29, 0.717) is 30.7 Å². The molecule has 0 saturated carbocycles. The average Bonchev–Trinajstić information content (AvgIpc) is 3.93. The molecular formula is C47H52ClN7O8S. The number of likely N-dealkylation sites (tertiary alicyclic amines) is 1. The first-order valence-electron chi connectivity index (χ1n) is 21.8. The summed E-state index contributed by atoms with van der Waals surface area (Å²) in [5.41, 5.74) is 5.23. The van der Waals surface area contributed by atoms with Crippen LogP contribution in [0.15, 0.2) is 95.7 Å². The molecule has 0 bridgehead atoms. The molecule has 2 aromatic heterocycles. The SMILES string of the molecule is CC1(C)CCC(CN2CCN(c3ccc(C(=O)NS(=O)(=O)c4ccc(OCC5CCN(C6COC6)C5)c([N+](=O)[O-])c4)c(Oc4cnc5[nH]ccc5c4)c3)CC2)=C(c2ccc(Cl)cc2)C1. The Bertz CT molecular complexity index is 2690. The van der Waals surface area contributed by atoms with Crippen LogP contribution in [0.25, 0.3) is 16.6 Å². The molecule has 15 nitrogen and oxygen atoms in total. The van der Waals surface area contributed by atoms with Gasteiger partial charge in [0.1, 0.15) is 17.1 Å². The van der Waals surface area contributed by atoms with Gasteiger partial charge in [-0.25, -0.2) is 18.1 Å². The maximum absolute atomic E-state index is 14.0. The number of allylic oxidation sites excluding steroid dienone is 1. The Labute approximate surface area is 377 Å². The molecule has 1 atom stereocenters. The molecule has 5 aromatic rings. The number of nitro groups is 1. The summed E-state index contributed by atoms with van der Waals surface area (Å²) in [6.07, 6.45) is 7.35. The minimum Gasteiger partial charge on any atom is -0.486 e. The van der Waals surface area contributed by atoms with Crippen LogP contribution in [0, 0.1) is 21.4 Å². The van der Waals surface area contributed by atoms with Crippen molar-refractivity contribution in [2.45, 2.75) is 50.5 Å². The van der Waals surface area contributed by atoms with Gasteiger partial charge < -0.3 is 24.1 Å². The maximum Gasteiger partial charge on any atom is 0.312 e. The zero-order valence-electron chi connectivity index (χ0n) is 35.9. The number of H-pyrrole nitrogens is 1. The highest BCUT2D eigenvalue weighted by Crippen LogP contribution is 2.43. The van der Waals surface area contributed by atoms with Gasteiger partial charge in [-0.05, 0) is 97.3 Å². The highest BCUT2D eigenvalue weighted by molar-refractivity contribution is 7.90. The summed E-state index contributed by atoms with van der Waals surface area (Å²) in [7, 11) is -4.59. The van der Waals surface area contributed by atoms with Crippen LogP contribution in [0.3, 0.4) is 0 Å². The molecule has 2 N–H and O–H groups in total. The van der Waals surface area contributed by atoms with Crippen LogP contribution in [-0.4, -0.2) is 111 Å². The number of sulfonamides is 1. The van der Waals surface area contributed by atoms with Crippen LogP contribution in [0.1, 0.15) is 55.5 Å². The number of hydrogen-bond acceptors (Lipinski definition) is 12. The number of pyridine rings is 1. The standard InChI is InChI=1S/C47H52ClN7O8S/c1-47(2)14-11-34(41(24-47)32-3-5-35(48)6-4-32)27-52-17-19-53(20-18-52)36-7-9-40(44(22-36)63-38-21-33-12-15-49-45(33)50-25-38)46(56)51-64(59,60)39-8-10-43(42(23-39)55(57)58)62-28-31-13-16-54(26-31)37-29-61-30-37/h3-10,12,15,21-23,25,31,37H,11,13-14,16-20,24,26-30H2,1-2H3,(H,49,50)(H,51,56). The van der Waals surface area contributed by atoms with Crippen molar-refractivity contribution in [3.05, 3.63) is 117 Å². The van der Waals surface area contributed by atoms with Crippen LogP contribution < -0.4 is 19.1 Å². The fourth-order valence-corrected chi connectivity index (χ4v) is 10.2. The monoisotopic (exact) mass is 909 g/mol. The summed E-state index contributed by atoms with van der Waals surface area (Å²) >= 11 is 6.25. The number of rotatable bonds is 14. The zero-order chi connectivity index (χ0) is 44.6. The number of aromatic amines is 1. The normalized spacial score (nSPS) is 19.7. The zero-order valence-corrected chi connectivity index (χ0v) is 37.5. The second kappa shape index (κ2) is 18.2. The number of nitrogens with one attached hydrogen (secondary N) is 2. The molecule has 1 unspecified atom stereocenters. The van der Waals surface area contributed by atoms with E-state index >= 15 is 0 Å². The Morgan fingerprint density at radius 3 is 2.56 bits per heavy atom. The van der Waals surface area contributed by atoms with Gasteiger partial charge in [0.2, 0.25) is 0 Å². The Morgan fingerprint density at radius 1 is 1.02 bits per heavy atom. The molecule has 1 aliphatic carbocycles. The first-order chi connectivity index (χ1) is 30.8. The lowest BCUT2D eigenvalue weighted by Gasteiger charge is -2.39. The lowest BCUT2D eigenvalue weighted by atomic mass is 9.72. The van der Waals surface area contributed by atoms with Crippen molar-refractivity contribution in [1.82, 2.24) is 24.5 Å². The van der Waals surface area contributed by atoms with E-state index in [2.05, 4.69) is 55.4 Å². The molecular weight excluding hydrogens is 858 g/mol. The van der Waals surface area contributed by atoms with E-state index in [0.717, 1.165) is 93.7 Å². The molecule has 3 fully saturated rings. The fraction of sp³-hybridized carbons (Fsp3) is 0.404. The number of halogens is 1. The molecule has 64 heavy (non-hydrogen) atoms. The van der Waals surface area contributed by atoms with E-state index in [1.807, 2.05) is 18.2 Å². The van der Waals surface area contributed by atoms with Crippen LogP contribution in [-0.2, 0) is 14.8 Å². The molecule has 0 spiro atoms. The molecule has 3 aliphatic heterocycles. The molecule has 17 heteroatoms. The summed E-state index contributed by atoms with van der Waals surface area (Å²) in [5, 5.41) is 13.7. The molecule has 336 valence electrons. The molecule has 0 radical (unpaired) electrons.